The predicted octanol–water partition coefficient (Wildman–Crippen LogP) is 3.96. The fourth-order valence-corrected chi connectivity index (χ4v) is 3.81. The highest BCUT2D eigenvalue weighted by Crippen LogP contribution is 2.41. The van der Waals surface area contributed by atoms with Gasteiger partial charge in [-0.1, -0.05) is 38.1 Å². The van der Waals surface area contributed by atoms with E-state index in [1.807, 2.05) is 0 Å². The molecule has 3 unspecified atom stereocenters. The van der Waals surface area contributed by atoms with Gasteiger partial charge in [-0.15, -0.1) is 0 Å². The first-order chi connectivity index (χ1) is 9.58. The lowest BCUT2D eigenvalue weighted by molar-refractivity contribution is 0.0781. The summed E-state index contributed by atoms with van der Waals surface area (Å²) in [5, 5.41) is 3.83. The van der Waals surface area contributed by atoms with Gasteiger partial charge < -0.3 is 10.1 Å². The van der Waals surface area contributed by atoms with Crippen LogP contribution in [0.1, 0.15) is 63.6 Å². The minimum Gasteiger partial charge on any atom is -0.377 e. The molecular formula is C18H27NO. The van der Waals surface area contributed by atoms with E-state index in [1.165, 1.54) is 36.8 Å². The van der Waals surface area contributed by atoms with Crippen LogP contribution in [-0.2, 0) is 10.2 Å². The molecule has 2 aliphatic rings. The fraction of sp³-hybridized carbons (Fsp3) is 0.667. The molecule has 0 saturated carbocycles. The number of fused-ring (bicyclic) bond motifs is 1. The van der Waals surface area contributed by atoms with Crippen molar-refractivity contribution in [3.05, 3.63) is 35.4 Å². The van der Waals surface area contributed by atoms with Gasteiger partial charge in [0.15, 0.2) is 0 Å². The highest BCUT2D eigenvalue weighted by atomic mass is 16.5. The van der Waals surface area contributed by atoms with E-state index in [9.17, 15) is 0 Å². The molecule has 1 aromatic carbocycles. The summed E-state index contributed by atoms with van der Waals surface area (Å²) in [6, 6.07) is 9.88. The molecule has 1 aliphatic carbocycles. The average molecular weight is 273 g/mol. The summed E-state index contributed by atoms with van der Waals surface area (Å²) in [6.45, 7) is 7.94. The Bertz CT molecular complexity index is 462. The Morgan fingerprint density at radius 2 is 2.05 bits per heavy atom. The molecule has 2 heteroatoms. The molecule has 3 rings (SSSR count). The molecule has 0 aromatic heterocycles. The minimum atomic E-state index is 0.307. The Hall–Kier alpha value is -0.860. The monoisotopic (exact) mass is 273 g/mol. The molecule has 2 nitrogen and oxygen atoms in total. The maximum Gasteiger partial charge on any atom is 0.0726 e. The van der Waals surface area contributed by atoms with Crippen molar-refractivity contribution >= 4 is 0 Å². The van der Waals surface area contributed by atoms with Crippen LogP contribution in [0.2, 0.25) is 0 Å². The molecule has 1 saturated heterocycles. The molecule has 1 heterocycles. The normalized spacial score (nSPS) is 29.9. The Labute approximate surface area is 122 Å². The standard InChI is InChI=1S/C18H27NO/c1-13(17-9-6-12-20-17)19-16-10-11-18(2,3)15-8-5-4-7-14(15)16/h4-5,7-8,13,16-17,19H,6,9-12H2,1-3H3. The molecular weight excluding hydrogens is 246 g/mol. The van der Waals surface area contributed by atoms with Crippen molar-refractivity contribution < 1.29 is 4.74 Å². The van der Waals surface area contributed by atoms with Gasteiger partial charge in [0.1, 0.15) is 0 Å². The van der Waals surface area contributed by atoms with Gasteiger partial charge in [0.25, 0.3) is 0 Å². The SMILES string of the molecule is CC(NC1CCC(C)(C)c2ccccc21)C1CCCO1. The number of benzene rings is 1. The van der Waals surface area contributed by atoms with Crippen LogP contribution in [0.3, 0.4) is 0 Å². The predicted molar refractivity (Wildman–Crippen MR) is 83.0 cm³/mol. The zero-order valence-electron chi connectivity index (χ0n) is 13.0. The van der Waals surface area contributed by atoms with E-state index < -0.39 is 0 Å². The first-order valence-corrected chi connectivity index (χ1v) is 8.05. The lowest BCUT2D eigenvalue weighted by atomic mass is 9.71. The smallest absolute Gasteiger partial charge is 0.0726 e. The molecule has 0 amide bonds. The van der Waals surface area contributed by atoms with Crippen molar-refractivity contribution in [2.45, 2.75) is 70.1 Å². The number of hydrogen-bond donors (Lipinski definition) is 1. The van der Waals surface area contributed by atoms with Crippen LogP contribution in [0.25, 0.3) is 0 Å². The molecule has 0 bridgehead atoms. The molecule has 1 aromatic rings. The number of ether oxygens (including phenoxy) is 1. The summed E-state index contributed by atoms with van der Waals surface area (Å²) in [4.78, 5) is 0. The molecule has 20 heavy (non-hydrogen) atoms. The van der Waals surface area contributed by atoms with Gasteiger partial charge in [-0.05, 0) is 49.1 Å². The van der Waals surface area contributed by atoms with Crippen molar-refractivity contribution in [2.75, 3.05) is 6.61 Å². The topological polar surface area (TPSA) is 21.3 Å². The van der Waals surface area contributed by atoms with Crippen LogP contribution in [-0.4, -0.2) is 18.8 Å². The zero-order valence-corrected chi connectivity index (χ0v) is 13.0. The first-order valence-electron chi connectivity index (χ1n) is 8.05. The number of hydrogen-bond acceptors (Lipinski definition) is 2. The summed E-state index contributed by atoms with van der Waals surface area (Å²) in [6.07, 6.45) is 5.29. The van der Waals surface area contributed by atoms with E-state index in [4.69, 9.17) is 4.74 Å². The van der Waals surface area contributed by atoms with Gasteiger partial charge >= 0.3 is 0 Å². The Morgan fingerprint density at radius 1 is 1.25 bits per heavy atom. The third-order valence-electron chi connectivity index (χ3n) is 5.11. The summed E-state index contributed by atoms with van der Waals surface area (Å²) in [7, 11) is 0. The largest absolute Gasteiger partial charge is 0.377 e. The van der Waals surface area contributed by atoms with Crippen molar-refractivity contribution in [1.82, 2.24) is 5.32 Å². The molecule has 3 atom stereocenters. The summed E-state index contributed by atoms with van der Waals surface area (Å²) < 4.78 is 5.82. The maximum atomic E-state index is 5.82. The zero-order chi connectivity index (χ0) is 14.2. The second-order valence-corrected chi connectivity index (χ2v) is 7.07. The lowest BCUT2D eigenvalue weighted by Gasteiger charge is -2.39. The number of rotatable bonds is 3. The van der Waals surface area contributed by atoms with Gasteiger partial charge in [0.2, 0.25) is 0 Å². The van der Waals surface area contributed by atoms with Gasteiger partial charge in [-0.2, -0.15) is 0 Å². The van der Waals surface area contributed by atoms with E-state index >= 15 is 0 Å². The molecule has 1 aliphatic heterocycles. The van der Waals surface area contributed by atoms with Crippen LogP contribution in [0.4, 0.5) is 0 Å². The third-order valence-corrected chi connectivity index (χ3v) is 5.11. The maximum absolute atomic E-state index is 5.82. The van der Waals surface area contributed by atoms with Crippen LogP contribution in [0, 0.1) is 0 Å². The second-order valence-electron chi connectivity index (χ2n) is 7.07. The van der Waals surface area contributed by atoms with Gasteiger partial charge in [-0.3, -0.25) is 0 Å². The van der Waals surface area contributed by atoms with Crippen molar-refractivity contribution in [3.63, 3.8) is 0 Å². The average Bonchev–Trinajstić information content (AvgIpc) is 2.96. The van der Waals surface area contributed by atoms with Crippen LogP contribution < -0.4 is 5.32 Å². The third kappa shape index (κ3) is 2.64. The fourth-order valence-electron chi connectivity index (χ4n) is 3.81. The van der Waals surface area contributed by atoms with Crippen molar-refractivity contribution in [2.24, 2.45) is 0 Å². The second kappa shape index (κ2) is 5.50. The molecule has 1 fully saturated rings. The Morgan fingerprint density at radius 3 is 2.80 bits per heavy atom. The lowest BCUT2D eigenvalue weighted by Crippen LogP contribution is -2.42. The van der Waals surface area contributed by atoms with Gasteiger partial charge in [-0.25, -0.2) is 0 Å². The Kier molecular flexibility index (Phi) is 3.87. The molecule has 1 N–H and O–H groups in total. The first kappa shape index (κ1) is 14.1. The molecule has 110 valence electrons. The van der Waals surface area contributed by atoms with Crippen LogP contribution >= 0.6 is 0 Å². The van der Waals surface area contributed by atoms with E-state index in [1.54, 1.807) is 0 Å². The van der Waals surface area contributed by atoms with E-state index in [0.29, 0.717) is 23.6 Å². The number of nitrogens with one attached hydrogen (secondary N) is 1. The summed E-state index contributed by atoms with van der Waals surface area (Å²) >= 11 is 0. The molecule has 0 radical (unpaired) electrons. The Balaban J connectivity index is 1.78. The van der Waals surface area contributed by atoms with Crippen molar-refractivity contribution in [1.29, 1.82) is 0 Å². The quantitative estimate of drug-likeness (QED) is 0.900. The van der Waals surface area contributed by atoms with E-state index in [-0.39, 0.29) is 0 Å². The summed E-state index contributed by atoms with van der Waals surface area (Å²) in [5.74, 6) is 0. The minimum absolute atomic E-state index is 0.307. The van der Waals surface area contributed by atoms with E-state index in [2.05, 4.69) is 50.4 Å². The van der Waals surface area contributed by atoms with E-state index in [0.717, 1.165) is 6.61 Å². The van der Waals surface area contributed by atoms with Crippen LogP contribution in [0.5, 0.6) is 0 Å². The van der Waals surface area contributed by atoms with Crippen molar-refractivity contribution in [3.8, 4) is 0 Å². The van der Waals surface area contributed by atoms with Crippen LogP contribution in [0.15, 0.2) is 24.3 Å². The van der Waals surface area contributed by atoms with Gasteiger partial charge in [0.05, 0.1) is 6.10 Å². The van der Waals surface area contributed by atoms with Gasteiger partial charge in [0, 0.05) is 18.7 Å². The summed E-state index contributed by atoms with van der Waals surface area (Å²) in [5.41, 5.74) is 3.32. The highest BCUT2D eigenvalue weighted by Gasteiger charge is 2.34. The highest BCUT2D eigenvalue weighted by molar-refractivity contribution is 5.38. The molecule has 0 spiro atoms.